The molecule has 0 aliphatic heterocycles. The number of rotatable bonds is 5. The molecule has 0 unspecified atom stereocenters. The molecule has 0 N–H and O–H groups in total. The molecule has 1 rings (SSSR count). The van der Waals surface area contributed by atoms with E-state index in [0.717, 1.165) is 12.8 Å². The Hall–Kier alpha value is -1.67. The minimum Gasteiger partial charge on any atom is -0.469 e. The van der Waals surface area contributed by atoms with Crippen molar-refractivity contribution in [2.24, 2.45) is 11.8 Å². The maximum Gasteiger partial charge on any atom is 0.317 e. The monoisotopic (exact) mass is 262 g/mol. The fourth-order valence-electron chi connectivity index (χ4n) is 2.44. The van der Waals surface area contributed by atoms with Crippen LogP contribution in [0.25, 0.3) is 5.53 Å². The largest absolute Gasteiger partial charge is 0.469 e. The van der Waals surface area contributed by atoms with Gasteiger partial charge in [-0.05, 0) is 38.5 Å². The highest BCUT2D eigenvalue weighted by Gasteiger charge is 2.27. The predicted octanol–water partition coefficient (Wildman–Crippen LogP) is 3.16. The third kappa shape index (κ3) is 4.49. The van der Waals surface area contributed by atoms with E-state index in [4.69, 9.17) is 5.53 Å². The van der Waals surface area contributed by atoms with Gasteiger partial charge in [0.15, 0.2) is 0 Å². The number of nitrogens with zero attached hydrogens (tertiary/aromatic N) is 2. The number of carbonyl (C=O) groups excluding carboxylic acids is 1. The van der Waals surface area contributed by atoms with E-state index < -0.39 is 0 Å². The third-order valence-electron chi connectivity index (χ3n) is 3.83. The Morgan fingerprint density at radius 1 is 1.63 bits per heavy atom. The summed E-state index contributed by atoms with van der Waals surface area (Å²) in [5.41, 5.74) is 12.0. The SMILES string of the molecule is C=C(C)[C@@H]1CC=C(C)[C@@H](CC(CC(=O)OC)=[N+]=[N-])C1. The van der Waals surface area contributed by atoms with E-state index in [-0.39, 0.29) is 12.4 Å². The highest BCUT2D eigenvalue weighted by atomic mass is 16.5. The first-order chi connectivity index (χ1) is 8.97. The van der Waals surface area contributed by atoms with Crippen molar-refractivity contribution in [3.63, 3.8) is 0 Å². The second kappa shape index (κ2) is 7.05. The maximum absolute atomic E-state index is 11.2. The fourth-order valence-corrected chi connectivity index (χ4v) is 2.44. The first-order valence-corrected chi connectivity index (χ1v) is 6.56. The normalized spacial score (nSPS) is 22.2. The molecule has 0 aromatic carbocycles. The predicted molar refractivity (Wildman–Crippen MR) is 74.7 cm³/mol. The topological polar surface area (TPSA) is 62.7 Å². The van der Waals surface area contributed by atoms with Crippen LogP contribution in [0, 0.1) is 11.8 Å². The lowest BCUT2D eigenvalue weighted by molar-refractivity contribution is -0.139. The van der Waals surface area contributed by atoms with Gasteiger partial charge >= 0.3 is 5.97 Å². The number of carbonyl (C=O) groups is 1. The standard InChI is InChI=1S/C15H22N2O2/c1-10(2)12-6-5-11(3)13(7-12)8-14(17-16)9-15(18)19-4/h5,12-13H,1,6-9H2,2-4H3/t12-,13-/m1/s1. The molecular weight excluding hydrogens is 240 g/mol. The lowest BCUT2D eigenvalue weighted by atomic mass is 9.76. The van der Waals surface area contributed by atoms with Crippen LogP contribution in [0.15, 0.2) is 23.8 Å². The summed E-state index contributed by atoms with van der Waals surface area (Å²) < 4.78 is 4.60. The number of hydrogen-bond donors (Lipinski definition) is 0. The second-order valence-electron chi connectivity index (χ2n) is 5.28. The minimum absolute atomic E-state index is 0.0501. The van der Waals surface area contributed by atoms with Crippen LogP contribution >= 0.6 is 0 Å². The summed E-state index contributed by atoms with van der Waals surface area (Å²) in [7, 11) is 1.33. The van der Waals surface area contributed by atoms with E-state index in [9.17, 15) is 4.79 Å². The molecule has 0 saturated carbocycles. The summed E-state index contributed by atoms with van der Waals surface area (Å²) in [5.74, 6) is 0.416. The van der Waals surface area contributed by atoms with Gasteiger partial charge in [0.1, 0.15) is 6.42 Å². The summed E-state index contributed by atoms with van der Waals surface area (Å²) in [6, 6.07) is 0. The fraction of sp³-hybridized carbons (Fsp3) is 0.600. The molecule has 1 aliphatic carbocycles. The lowest BCUT2D eigenvalue weighted by Gasteiger charge is -2.27. The molecular formula is C15H22N2O2. The van der Waals surface area contributed by atoms with Gasteiger partial charge in [0.05, 0.1) is 13.5 Å². The van der Waals surface area contributed by atoms with Crippen molar-refractivity contribution in [2.75, 3.05) is 7.11 Å². The van der Waals surface area contributed by atoms with Gasteiger partial charge in [-0.3, -0.25) is 4.79 Å². The summed E-state index contributed by atoms with van der Waals surface area (Å²) in [6.07, 6.45) is 4.89. The van der Waals surface area contributed by atoms with Gasteiger partial charge in [0.2, 0.25) is 0 Å². The van der Waals surface area contributed by atoms with Gasteiger partial charge in [-0.2, -0.15) is 4.79 Å². The van der Waals surface area contributed by atoms with E-state index in [1.807, 2.05) is 6.92 Å². The van der Waals surface area contributed by atoms with Gasteiger partial charge in [-0.1, -0.05) is 23.8 Å². The molecule has 0 saturated heterocycles. The van der Waals surface area contributed by atoms with Crippen LogP contribution in [0.3, 0.4) is 0 Å². The molecule has 0 bridgehead atoms. The summed E-state index contributed by atoms with van der Waals surface area (Å²) in [6.45, 7) is 8.15. The van der Waals surface area contributed by atoms with Crippen molar-refractivity contribution in [1.29, 1.82) is 0 Å². The second-order valence-corrected chi connectivity index (χ2v) is 5.28. The van der Waals surface area contributed by atoms with Crippen LogP contribution in [0.1, 0.15) is 39.5 Å². The molecule has 104 valence electrons. The number of ether oxygens (including phenoxy) is 1. The Balaban J connectivity index is 2.71. The van der Waals surface area contributed by atoms with E-state index in [1.165, 1.54) is 18.3 Å². The van der Waals surface area contributed by atoms with Crippen molar-refractivity contribution >= 4 is 11.7 Å². The van der Waals surface area contributed by atoms with Crippen molar-refractivity contribution in [3.05, 3.63) is 29.3 Å². The molecule has 0 amide bonds. The summed E-state index contributed by atoms with van der Waals surface area (Å²) in [4.78, 5) is 14.5. The molecule has 19 heavy (non-hydrogen) atoms. The molecule has 0 aromatic heterocycles. The first-order valence-electron chi connectivity index (χ1n) is 6.56. The van der Waals surface area contributed by atoms with Crippen LogP contribution in [0.2, 0.25) is 0 Å². The molecule has 4 nitrogen and oxygen atoms in total. The van der Waals surface area contributed by atoms with Crippen LogP contribution in [0.4, 0.5) is 0 Å². The summed E-state index contributed by atoms with van der Waals surface area (Å²) in [5, 5.41) is 0. The zero-order chi connectivity index (χ0) is 14.4. The Morgan fingerprint density at radius 2 is 2.32 bits per heavy atom. The number of hydrogen-bond acceptors (Lipinski definition) is 2. The quantitative estimate of drug-likeness (QED) is 0.251. The van der Waals surface area contributed by atoms with Crippen LogP contribution in [-0.2, 0) is 9.53 Å². The number of methoxy groups -OCH3 is 1. The van der Waals surface area contributed by atoms with E-state index in [2.05, 4.69) is 29.1 Å². The zero-order valence-electron chi connectivity index (χ0n) is 12.0. The van der Waals surface area contributed by atoms with Crippen molar-refractivity contribution in [2.45, 2.75) is 39.5 Å². The Kier molecular flexibility index (Phi) is 5.71. The van der Waals surface area contributed by atoms with Crippen LogP contribution in [0.5, 0.6) is 0 Å². The van der Waals surface area contributed by atoms with Gasteiger partial charge in [0.25, 0.3) is 5.71 Å². The average Bonchev–Trinajstić information content (AvgIpc) is 2.39. The highest BCUT2D eigenvalue weighted by molar-refractivity contribution is 5.96. The molecule has 0 heterocycles. The van der Waals surface area contributed by atoms with Crippen molar-refractivity contribution < 1.29 is 14.3 Å². The molecule has 4 heteroatoms. The van der Waals surface area contributed by atoms with Crippen LogP contribution < -0.4 is 0 Å². The zero-order valence-corrected chi connectivity index (χ0v) is 12.0. The minimum atomic E-state index is -0.373. The van der Waals surface area contributed by atoms with Crippen molar-refractivity contribution in [1.82, 2.24) is 0 Å². The van der Waals surface area contributed by atoms with E-state index >= 15 is 0 Å². The summed E-state index contributed by atoms with van der Waals surface area (Å²) >= 11 is 0. The van der Waals surface area contributed by atoms with E-state index in [0.29, 0.717) is 24.0 Å². The number of esters is 1. The molecule has 0 fully saturated rings. The van der Waals surface area contributed by atoms with Gasteiger partial charge in [-0.25, -0.2) is 0 Å². The third-order valence-corrected chi connectivity index (χ3v) is 3.83. The van der Waals surface area contributed by atoms with Gasteiger partial charge in [-0.15, -0.1) is 0 Å². The molecule has 0 aromatic rings. The lowest BCUT2D eigenvalue weighted by Crippen LogP contribution is -2.21. The van der Waals surface area contributed by atoms with Crippen LogP contribution in [-0.4, -0.2) is 23.6 Å². The highest BCUT2D eigenvalue weighted by Crippen LogP contribution is 2.34. The molecule has 2 atom stereocenters. The smallest absolute Gasteiger partial charge is 0.317 e. The Morgan fingerprint density at radius 3 is 2.84 bits per heavy atom. The molecule has 0 spiro atoms. The van der Waals surface area contributed by atoms with Gasteiger partial charge in [0, 0.05) is 0 Å². The maximum atomic E-state index is 11.2. The first kappa shape index (κ1) is 15.4. The molecule has 0 radical (unpaired) electrons. The molecule has 1 aliphatic rings. The van der Waals surface area contributed by atoms with E-state index in [1.54, 1.807) is 0 Å². The Labute approximate surface area is 114 Å². The van der Waals surface area contributed by atoms with Crippen molar-refractivity contribution in [3.8, 4) is 0 Å². The Bertz CT molecular complexity index is 445. The number of allylic oxidation sites excluding steroid dienone is 3. The average molecular weight is 262 g/mol. The van der Waals surface area contributed by atoms with Gasteiger partial charge < -0.3 is 10.3 Å².